The van der Waals surface area contributed by atoms with Gasteiger partial charge in [-0.05, 0) is 35.7 Å². The van der Waals surface area contributed by atoms with Crippen molar-refractivity contribution in [1.82, 2.24) is 4.57 Å². The molecule has 2 heterocycles. The molecule has 0 fully saturated rings. The van der Waals surface area contributed by atoms with E-state index in [4.69, 9.17) is 9.47 Å². The number of nitrogens with zero attached hydrogens (tertiary/aromatic N) is 1. The Balaban J connectivity index is 1.68. The topological polar surface area (TPSA) is 57.5 Å². The largest absolute Gasteiger partial charge is 0.486 e. The minimum Gasteiger partial charge on any atom is -0.486 e. The molecule has 33 heavy (non-hydrogen) atoms. The van der Waals surface area contributed by atoms with Crippen molar-refractivity contribution in [2.24, 2.45) is 0 Å². The summed E-state index contributed by atoms with van der Waals surface area (Å²) in [5.41, 5.74) is 2.73. The fourth-order valence-corrected chi connectivity index (χ4v) is 4.05. The monoisotopic (exact) mass is 443 g/mol. The number of pyridine rings is 1. The van der Waals surface area contributed by atoms with Crippen molar-refractivity contribution in [3.8, 4) is 11.5 Å². The Morgan fingerprint density at radius 1 is 0.939 bits per heavy atom. The third-order valence-electron chi connectivity index (χ3n) is 5.88. The maximum absolute atomic E-state index is 13.4. The number of hydrogen-bond acceptors (Lipinski definition) is 4. The lowest BCUT2D eigenvalue weighted by molar-refractivity contribution is 0.103. The fourth-order valence-electron chi connectivity index (χ4n) is 4.05. The average Bonchev–Trinajstić information content (AvgIpc) is 2.86. The van der Waals surface area contributed by atoms with Crippen LogP contribution < -0.4 is 14.9 Å². The van der Waals surface area contributed by atoms with Gasteiger partial charge in [0.2, 0.25) is 5.43 Å². The van der Waals surface area contributed by atoms with Crippen molar-refractivity contribution in [2.45, 2.75) is 19.9 Å². The van der Waals surface area contributed by atoms with Crippen molar-refractivity contribution >= 4 is 16.7 Å². The van der Waals surface area contributed by atoms with Crippen molar-refractivity contribution in [2.75, 3.05) is 13.2 Å². The zero-order chi connectivity index (χ0) is 22.9. The Morgan fingerprint density at radius 3 is 2.24 bits per heavy atom. The summed E-state index contributed by atoms with van der Waals surface area (Å²) < 4.78 is 26.6. The van der Waals surface area contributed by atoms with E-state index in [9.17, 15) is 14.0 Å². The van der Waals surface area contributed by atoms with Gasteiger partial charge in [0.1, 0.15) is 19.0 Å². The third kappa shape index (κ3) is 4.00. The molecule has 3 aromatic carbocycles. The molecule has 0 bridgehead atoms. The van der Waals surface area contributed by atoms with Crippen LogP contribution in [0.15, 0.2) is 71.7 Å². The van der Waals surface area contributed by atoms with Crippen LogP contribution in [0.5, 0.6) is 11.5 Å². The van der Waals surface area contributed by atoms with Gasteiger partial charge in [-0.15, -0.1) is 0 Å². The van der Waals surface area contributed by atoms with Crippen molar-refractivity contribution in [3.63, 3.8) is 0 Å². The van der Waals surface area contributed by atoms with Crippen LogP contribution in [0.3, 0.4) is 0 Å². The van der Waals surface area contributed by atoms with Crippen molar-refractivity contribution in [3.05, 3.63) is 105 Å². The number of fused-ring (bicyclic) bond motifs is 2. The number of aromatic nitrogens is 1. The highest BCUT2D eigenvalue weighted by atomic mass is 19.1. The van der Waals surface area contributed by atoms with Crippen LogP contribution in [0.1, 0.15) is 34.0 Å². The van der Waals surface area contributed by atoms with Gasteiger partial charge in [-0.25, -0.2) is 4.39 Å². The van der Waals surface area contributed by atoms with Gasteiger partial charge in [0.25, 0.3) is 0 Å². The Morgan fingerprint density at radius 2 is 1.58 bits per heavy atom. The Hall–Kier alpha value is -3.93. The zero-order valence-corrected chi connectivity index (χ0v) is 18.1. The minimum atomic E-state index is -0.359. The highest BCUT2D eigenvalue weighted by Gasteiger charge is 2.21. The lowest BCUT2D eigenvalue weighted by Crippen LogP contribution is -2.21. The van der Waals surface area contributed by atoms with E-state index in [1.165, 1.54) is 12.1 Å². The molecule has 1 aliphatic heterocycles. The lowest BCUT2D eigenvalue weighted by Gasteiger charge is -2.21. The number of carbonyl (C=O) groups excluding carboxylic acids is 1. The number of rotatable bonds is 5. The second-order valence-corrected chi connectivity index (χ2v) is 8.02. The Kier molecular flexibility index (Phi) is 5.42. The molecule has 4 aromatic rings. The van der Waals surface area contributed by atoms with Crippen LogP contribution in [0.2, 0.25) is 0 Å². The van der Waals surface area contributed by atoms with Gasteiger partial charge in [-0.1, -0.05) is 43.3 Å². The number of ketones is 1. The normalized spacial score (nSPS) is 12.7. The predicted octanol–water partition coefficient (Wildman–Crippen LogP) is 4.75. The number of carbonyl (C=O) groups is 1. The van der Waals surface area contributed by atoms with E-state index < -0.39 is 0 Å². The summed E-state index contributed by atoms with van der Waals surface area (Å²) in [4.78, 5) is 26.8. The van der Waals surface area contributed by atoms with E-state index in [0.717, 1.165) is 17.5 Å². The molecule has 0 atom stereocenters. The summed E-state index contributed by atoms with van der Waals surface area (Å²) in [6.45, 7) is 3.21. The lowest BCUT2D eigenvalue weighted by atomic mass is 10.00. The van der Waals surface area contributed by atoms with E-state index >= 15 is 0 Å². The number of ether oxygens (including phenoxy) is 2. The maximum atomic E-state index is 13.4. The van der Waals surface area contributed by atoms with Crippen LogP contribution in [-0.2, 0) is 13.0 Å². The van der Waals surface area contributed by atoms with Crippen LogP contribution in [0.25, 0.3) is 10.9 Å². The van der Waals surface area contributed by atoms with Crippen LogP contribution in [0.4, 0.5) is 4.39 Å². The Labute approximate surface area is 190 Å². The second-order valence-electron chi connectivity index (χ2n) is 8.02. The summed E-state index contributed by atoms with van der Waals surface area (Å²) >= 11 is 0. The van der Waals surface area contributed by atoms with Crippen LogP contribution in [0, 0.1) is 5.82 Å². The average molecular weight is 443 g/mol. The number of halogens is 1. The molecule has 0 N–H and O–H groups in total. The Bertz CT molecular complexity index is 1410. The molecule has 6 heteroatoms. The molecule has 1 aromatic heterocycles. The van der Waals surface area contributed by atoms with Gasteiger partial charge in [0, 0.05) is 24.4 Å². The molecular formula is C27H22FNO4. The van der Waals surface area contributed by atoms with Crippen molar-refractivity contribution in [1.29, 1.82) is 0 Å². The molecule has 0 saturated carbocycles. The fraction of sp³-hybridized carbons (Fsp3) is 0.185. The van der Waals surface area contributed by atoms with E-state index in [0.29, 0.717) is 47.7 Å². The molecular weight excluding hydrogens is 421 g/mol. The smallest absolute Gasteiger partial charge is 0.200 e. The summed E-state index contributed by atoms with van der Waals surface area (Å²) in [5, 5.41) is 0.373. The number of aryl methyl sites for hydroxylation is 1. The highest BCUT2D eigenvalue weighted by molar-refractivity contribution is 6.10. The van der Waals surface area contributed by atoms with Gasteiger partial charge >= 0.3 is 0 Å². The third-order valence-corrected chi connectivity index (χ3v) is 5.88. The zero-order valence-electron chi connectivity index (χ0n) is 18.1. The van der Waals surface area contributed by atoms with E-state index in [-0.39, 0.29) is 22.6 Å². The van der Waals surface area contributed by atoms with Gasteiger partial charge < -0.3 is 14.0 Å². The molecule has 0 saturated heterocycles. The molecule has 0 unspecified atom stereocenters. The standard InChI is InChI=1S/C27H22FNO4/c1-2-17-3-7-19(8-4-17)26(30)22-16-29(15-18-5-9-20(28)10-6-18)23-14-25-24(32-11-12-33-25)13-21(23)27(22)31/h3-10,13-14,16H,2,11-12,15H2,1H3. The minimum absolute atomic E-state index is 0.0746. The SMILES string of the molecule is CCc1ccc(C(=O)c2cn(Cc3ccc(F)cc3)c3cc4c(cc3c2=O)OCCO4)cc1. The summed E-state index contributed by atoms with van der Waals surface area (Å²) in [6, 6.07) is 16.8. The van der Waals surface area contributed by atoms with Crippen LogP contribution in [-0.4, -0.2) is 23.6 Å². The first kappa shape index (κ1) is 20.9. The molecule has 0 amide bonds. The quantitative estimate of drug-likeness (QED) is 0.418. The first-order valence-corrected chi connectivity index (χ1v) is 10.9. The molecule has 0 radical (unpaired) electrons. The number of hydrogen-bond donors (Lipinski definition) is 0. The van der Waals surface area contributed by atoms with Crippen molar-refractivity contribution < 1.29 is 18.7 Å². The maximum Gasteiger partial charge on any atom is 0.200 e. The van der Waals surface area contributed by atoms with Gasteiger partial charge in [-0.3, -0.25) is 9.59 Å². The molecule has 1 aliphatic rings. The van der Waals surface area contributed by atoms with E-state index in [2.05, 4.69) is 0 Å². The summed E-state index contributed by atoms with van der Waals surface area (Å²) in [6.07, 6.45) is 2.45. The molecule has 5 rings (SSSR count). The van der Waals surface area contributed by atoms with E-state index in [1.807, 2.05) is 23.6 Å². The molecule has 0 aliphatic carbocycles. The van der Waals surface area contributed by atoms with E-state index in [1.54, 1.807) is 42.6 Å². The summed E-state index contributed by atoms with van der Waals surface area (Å²) in [5.74, 6) is 0.369. The molecule has 0 spiro atoms. The first-order chi connectivity index (χ1) is 16.0. The van der Waals surface area contributed by atoms with Gasteiger partial charge in [0.15, 0.2) is 17.3 Å². The van der Waals surface area contributed by atoms with Gasteiger partial charge in [-0.2, -0.15) is 0 Å². The molecule has 166 valence electrons. The number of benzene rings is 3. The first-order valence-electron chi connectivity index (χ1n) is 10.9. The van der Waals surface area contributed by atoms with Gasteiger partial charge in [0.05, 0.1) is 16.5 Å². The molecule has 5 nitrogen and oxygen atoms in total. The second kappa shape index (κ2) is 8.54. The highest BCUT2D eigenvalue weighted by Crippen LogP contribution is 2.34. The summed E-state index contributed by atoms with van der Waals surface area (Å²) in [7, 11) is 0. The van der Waals surface area contributed by atoms with Crippen LogP contribution >= 0.6 is 0 Å². The predicted molar refractivity (Wildman–Crippen MR) is 124 cm³/mol.